The van der Waals surface area contributed by atoms with Crippen molar-refractivity contribution in [3.8, 4) is 89.0 Å². The molecule has 27 aromatic carbocycles. The van der Waals surface area contributed by atoms with Crippen molar-refractivity contribution in [2.24, 2.45) is 0 Å². The second-order valence-corrected chi connectivity index (χ2v) is 38.0. The van der Waals surface area contributed by atoms with E-state index in [2.05, 4.69) is 597 Å². The number of nitrogens with zero attached hydrogens (tertiary/aromatic N) is 3. The molecule has 0 aliphatic heterocycles. The Labute approximate surface area is 860 Å². The second kappa shape index (κ2) is 39.1. The molecule has 0 fully saturated rings. The maximum atomic E-state index is 6.56. The molecule has 0 amide bonds. The van der Waals surface area contributed by atoms with Gasteiger partial charge in [-0.3, -0.25) is 0 Å². The molecule has 4 nitrogen and oxygen atoms in total. The lowest BCUT2D eigenvalue weighted by atomic mass is 9.90. The Morgan fingerprint density at radius 1 is 0.108 bits per heavy atom. The standard InChI is InChI=1S/C48H31NO.2C48H33N/c1-3-12-32(13-4-1)33-22-26-36(27-23-33)49(35-14-5-2-6-15-35)37-28-24-34-25-29-40-38-16-7-8-17-39(38)45(31-46(40)44(34)30-37)43-20-11-19-42-41-18-9-10-21-47(41)50-48(42)43;1-4-12-34(13-5-1)36-20-26-40(27-21-36)49(41-28-22-37(23-29-41)35-14-6-2-7-15-35)42-30-24-39-25-31-45-43-18-10-11-19-44(43)47(33-48(45)46(39)32-42)38-16-8-3-9-17-38;1-4-11-34(12-5-1)36-19-25-40(26-20-36)49(41-27-21-37(22-28-41)35-13-6-2-7-14-35)42-29-23-39-24-30-46-44-18-10-17-43(38-15-8-3-9-16-38)45(44)31-32-47(46)48(39)33-42/h1-31H;2*1-33H. The van der Waals surface area contributed by atoms with Crippen LogP contribution in [0.4, 0.5) is 51.2 Å². The molecule has 28 aromatic rings. The third kappa shape index (κ3) is 17.0. The van der Waals surface area contributed by atoms with E-state index in [9.17, 15) is 0 Å². The normalized spacial score (nSPS) is 11.4. The van der Waals surface area contributed by atoms with E-state index in [1.54, 1.807) is 0 Å². The first-order chi connectivity index (χ1) is 73.4. The van der Waals surface area contributed by atoms with Crippen molar-refractivity contribution >= 4 is 170 Å². The minimum Gasteiger partial charge on any atom is -0.455 e. The van der Waals surface area contributed by atoms with Crippen LogP contribution in [0.3, 0.4) is 0 Å². The van der Waals surface area contributed by atoms with Gasteiger partial charge in [0.25, 0.3) is 0 Å². The summed E-state index contributed by atoms with van der Waals surface area (Å²) in [6, 6.07) is 212. The number of rotatable bonds is 17. The Kier molecular flexibility index (Phi) is 23.4. The van der Waals surface area contributed by atoms with Gasteiger partial charge in [0, 0.05) is 67.5 Å². The quantitative estimate of drug-likeness (QED) is 0.0848. The van der Waals surface area contributed by atoms with Crippen LogP contribution in [-0.2, 0) is 0 Å². The third-order valence-electron chi connectivity index (χ3n) is 29.4. The van der Waals surface area contributed by atoms with Gasteiger partial charge in [0.2, 0.25) is 0 Å². The molecular formula is C144H97N3O. The van der Waals surface area contributed by atoms with Crippen molar-refractivity contribution in [3.63, 3.8) is 0 Å². The maximum absolute atomic E-state index is 6.56. The van der Waals surface area contributed by atoms with Crippen LogP contribution in [-0.4, -0.2) is 0 Å². The van der Waals surface area contributed by atoms with Crippen LogP contribution in [0.1, 0.15) is 0 Å². The van der Waals surface area contributed by atoms with E-state index in [4.69, 9.17) is 4.42 Å². The zero-order valence-corrected chi connectivity index (χ0v) is 81.3. The van der Waals surface area contributed by atoms with Gasteiger partial charge >= 0.3 is 0 Å². The molecule has 0 spiro atoms. The Bertz CT molecular complexity index is 9570. The van der Waals surface area contributed by atoms with Crippen LogP contribution >= 0.6 is 0 Å². The van der Waals surface area contributed by atoms with Gasteiger partial charge in [0.15, 0.2) is 0 Å². The van der Waals surface area contributed by atoms with Gasteiger partial charge in [0.1, 0.15) is 11.2 Å². The molecule has 694 valence electrons. The lowest BCUT2D eigenvalue weighted by molar-refractivity contribution is 0.670. The molecule has 0 aliphatic carbocycles. The average molecular weight is 1890 g/mol. The van der Waals surface area contributed by atoms with E-state index in [0.717, 1.165) is 78.7 Å². The van der Waals surface area contributed by atoms with Gasteiger partial charge in [-0.25, -0.2) is 0 Å². The topological polar surface area (TPSA) is 22.9 Å². The highest BCUT2D eigenvalue weighted by Crippen LogP contribution is 2.50. The van der Waals surface area contributed by atoms with Crippen molar-refractivity contribution in [2.45, 2.75) is 0 Å². The number of hydrogen-bond acceptors (Lipinski definition) is 4. The molecule has 28 rings (SSSR count). The van der Waals surface area contributed by atoms with Crippen molar-refractivity contribution in [3.05, 3.63) is 588 Å². The number of para-hydroxylation sites is 3. The summed E-state index contributed by atoms with van der Waals surface area (Å²) in [5.74, 6) is 0. The second-order valence-electron chi connectivity index (χ2n) is 38.0. The fraction of sp³-hybridized carbons (Fsp3) is 0. The highest BCUT2D eigenvalue weighted by atomic mass is 16.3. The molecule has 0 bridgehead atoms. The first-order valence-electron chi connectivity index (χ1n) is 50.8. The molecule has 0 aliphatic rings. The van der Waals surface area contributed by atoms with E-state index < -0.39 is 0 Å². The summed E-state index contributed by atoms with van der Waals surface area (Å²) in [7, 11) is 0. The molecule has 1 heterocycles. The summed E-state index contributed by atoms with van der Waals surface area (Å²) >= 11 is 0. The molecule has 0 N–H and O–H groups in total. The number of benzene rings is 27. The van der Waals surface area contributed by atoms with E-state index in [1.165, 1.54) is 180 Å². The summed E-state index contributed by atoms with van der Waals surface area (Å²) < 4.78 is 6.56. The minimum absolute atomic E-state index is 0.910. The Hall–Kier alpha value is -19.5. The number of fused-ring (bicyclic) bond motifs is 18. The van der Waals surface area contributed by atoms with Crippen LogP contribution in [0.15, 0.2) is 593 Å². The van der Waals surface area contributed by atoms with Crippen LogP contribution < -0.4 is 14.7 Å². The lowest BCUT2D eigenvalue weighted by Crippen LogP contribution is -2.09. The first kappa shape index (κ1) is 88.6. The Balaban J connectivity index is 0.000000112. The molecule has 0 atom stereocenters. The highest BCUT2D eigenvalue weighted by molar-refractivity contribution is 6.25. The van der Waals surface area contributed by atoms with Crippen LogP contribution in [0.25, 0.3) is 208 Å². The number of anilines is 9. The monoisotopic (exact) mass is 1880 g/mol. The van der Waals surface area contributed by atoms with E-state index in [-0.39, 0.29) is 0 Å². The zero-order valence-electron chi connectivity index (χ0n) is 81.3. The predicted molar refractivity (Wildman–Crippen MR) is 632 cm³/mol. The van der Waals surface area contributed by atoms with Crippen molar-refractivity contribution in [1.29, 1.82) is 0 Å². The van der Waals surface area contributed by atoms with Gasteiger partial charge in [-0.15, -0.1) is 0 Å². The first-order valence-corrected chi connectivity index (χ1v) is 50.8. The molecule has 148 heavy (non-hydrogen) atoms. The van der Waals surface area contributed by atoms with Crippen LogP contribution in [0, 0.1) is 0 Å². The third-order valence-corrected chi connectivity index (χ3v) is 29.4. The summed E-state index contributed by atoms with van der Waals surface area (Å²) in [6.45, 7) is 0. The molecule has 0 saturated carbocycles. The molecule has 4 heteroatoms. The highest BCUT2D eigenvalue weighted by Gasteiger charge is 2.24. The summed E-state index contributed by atoms with van der Waals surface area (Å²) in [4.78, 5) is 7.10. The molecular weight excluding hydrogens is 1790 g/mol. The summed E-state index contributed by atoms with van der Waals surface area (Å²) in [6.07, 6.45) is 0. The van der Waals surface area contributed by atoms with Gasteiger partial charge in [-0.1, -0.05) is 461 Å². The molecule has 1 aromatic heterocycles. The SMILES string of the molecule is c1ccc(-c2ccc(N(c3ccc(-c4ccccc4)cc3)c3ccc4ccc5c6cccc(-c7ccccc7)c6ccc5c4c3)cc2)cc1.c1ccc(-c2ccc(N(c3ccc(-c4ccccc4)cc3)c3ccc4ccc5c6ccccc6c(-c6ccccc6)cc5c4c3)cc2)cc1.c1ccc(-c2ccc(N(c3ccccc3)c3ccc4ccc5c6ccccc6c(-c6cccc7c6oc6ccccc67)cc5c4c3)cc2)cc1. The Morgan fingerprint density at radius 3 is 0.709 bits per heavy atom. The molecule has 0 unspecified atom stereocenters. The maximum Gasteiger partial charge on any atom is 0.143 e. The van der Waals surface area contributed by atoms with Crippen molar-refractivity contribution in [2.75, 3.05) is 14.7 Å². The van der Waals surface area contributed by atoms with Gasteiger partial charge in [-0.05, 0) is 308 Å². The van der Waals surface area contributed by atoms with Gasteiger partial charge in [0.05, 0.1) is 0 Å². The van der Waals surface area contributed by atoms with Gasteiger partial charge in [-0.2, -0.15) is 0 Å². The predicted octanol–water partition coefficient (Wildman–Crippen LogP) is 41.1. The van der Waals surface area contributed by atoms with E-state index in [1.807, 2.05) is 6.07 Å². The smallest absolute Gasteiger partial charge is 0.143 e. The van der Waals surface area contributed by atoms with E-state index >= 15 is 0 Å². The van der Waals surface area contributed by atoms with Crippen molar-refractivity contribution < 1.29 is 4.42 Å². The largest absolute Gasteiger partial charge is 0.455 e. The minimum atomic E-state index is 0.910. The molecule has 0 radical (unpaired) electrons. The fourth-order valence-electron chi connectivity index (χ4n) is 22.1. The Morgan fingerprint density at radius 2 is 0.331 bits per heavy atom. The summed E-state index contributed by atoms with van der Waals surface area (Å²) in [5.41, 5.74) is 31.2. The average Bonchev–Trinajstić information content (AvgIpc) is 0.954. The van der Waals surface area contributed by atoms with Crippen molar-refractivity contribution in [1.82, 2.24) is 0 Å². The number of furan rings is 1. The number of hydrogen-bond donors (Lipinski definition) is 0. The summed E-state index contributed by atoms with van der Waals surface area (Å²) in [5, 5.41) is 24.7. The zero-order chi connectivity index (χ0) is 98.2. The molecule has 0 saturated heterocycles. The van der Waals surface area contributed by atoms with Crippen LogP contribution in [0.5, 0.6) is 0 Å². The van der Waals surface area contributed by atoms with E-state index in [0.29, 0.717) is 0 Å². The van der Waals surface area contributed by atoms with Crippen LogP contribution in [0.2, 0.25) is 0 Å². The fourth-order valence-corrected chi connectivity index (χ4v) is 22.1. The lowest BCUT2D eigenvalue weighted by Gasteiger charge is -2.26. The van der Waals surface area contributed by atoms with Gasteiger partial charge < -0.3 is 19.1 Å².